The average molecular weight is 368 g/mol. The van der Waals surface area contributed by atoms with E-state index in [1.165, 1.54) is 6.07 Å². The number of halogens is 1. The summed E-state index contributed by atoms with van der Waals surface area (Å²) in [6, 6.07) is 14.6. The van der Waals surface area contributed by atoms with E-state index in [2.05, 4.69) is 27.9 Å². The molecule has 0 radical (unpaired) electrons. The predicted molar refractivity (Wildman–Crippen MR) is 84.3 cm³/mol. The smallest absolute Gasteiger partial charge is 0.274 e. The van der Waals surface area contributed by atoms with Crippen molar-refractivity contribution in [3.8, 4) is 0 Å². The monoisotopic (exact) mass is 368 g/mol. The van der Waals surface area contributed by atoms with Crippen molar-refractivity contribution in [2.75, 3.05) is 5.32 Å². The van der Waals surface area contributed by atoms with E-state index >= 15 is 0 Å². The van der Waals surface area contributed by atoms with Crippen LogP contribution in [0.4, 0.5) is 11.4 Å². The Kier molecular flexibility index (Phi) is 4.36. The van der Waals surface area contributed by atoms with Crippen molar-refractivity contribution in [1.82, 2.24) is 0 Å². The average Bonchev–Trinajstić information content (AvgIpc) is 2.41. The molecular formula is C14H13IN2O2. The first-order valence-corrected chi connectivity index (χ1v) is 6.91. The minimum Gasteiger partial charge on any atom is -0.378 e. The molecule has 1 N–H and O–H groups in total. The zero-order valence-electron chi connectivity index (χ0n) is 10.3. The van der Waals surface area contributed by atoms with Crippen LogP contribution in [0.15, 0.2) is 48.5 Å². The zero-order valence-corrected chi connectivity index (χ0v) is 12.5. The summed E-state index contributed by atoms with van der Waals surface area (Å²) in [7, 11) is 0. The summed E-state index contributed by atoms with van der Waals surface area (Å²) in [5.41, 5.74) is 1.78. The molecule has 5 heteroatoms. The van der Waals surface area contributed by atoms with Crippen LogP contribution in [0.2, 0.25) is 0 Å². The van der Waals surface area contributed by atoms with Gasteiger partial charge in [0.2, 0.25) is 0 Å². The lowest BCUT2D eigenvalue weighted by atomic mass is 10.1. The highest BCUT2D eigenvalue weighted by atomic mass is 127. The fourth-order valence-corrected chi connectivity index (χ4v) is 2.25. The summed E-state index contributed by atoms with van der Waals surface area (Å²) in [5.74, 6) is 0. The van der Waals surface area contributed by atoms with Gasteiger partial charge in [-0.05, 0) is 53.8 Å². The highest BCUT2D eigenvalue weighted by Crippen LogP contribution is 2.27. The standard InChI is InChI=1S/C14H13IN2O2/c1-10(16-12-8-6-11(15)7-9-12)13-4-2-3-5-14(13)17(18)19/h2-10,16H,1H3. The van der Waals surface area contributed by atoms with E-state index < -0.39 is 0 Å². The van der Waals surface area contributed by atoms with Gasteiger partial charge >= 0.3 is 0 Å². The summed E-state index contributed by atoms with van der Waals surface area (Å²) in [6.45, 7) is 1.92. The quantitative estimate of drug-likeness (QED) is 0.495. The van der Waals surface area contributed by atoms with E-state index in [4.69, 9.17) is 0 Å². The first-order valence-electron chi connectivity index (χ1n) is 5.83. The molecule has 0 aliphatic heterocycles. The molecule has 98 valence electrons. The van der Waals surface area contributed by atoms with Gasteiger partial charge in [0.1, 0.15) is 0 Å². The molecule has 0 aliphatic carbocycles. The third kappa shape index (κ3) is 3.44. The Balaban J connectivity index is 2.22. The lowest BCUT2D eigenvalue weighted by Crippen LogP contribution is -2.08. The molecule has 0 amide bonds. The van der Waals surface area contributed by atoms with Crippen molar-refractivity contribution in [3.63, 3.8) is 0 Å². The van der Waals surface area contributed by atoms with Crippen molar-refractivity contribution in [3.05, 3.63) is 67.8 Å². The predicted octanol–water partition coefficient (Wildman–Crippen LogP) is 4.37. The van der Waals surface area contributed by atoms with Crippen molar-refractivity contribution < 1.29 is 4.92 Å². The Bertz CT molecular complexity index is 584. The highest BCUT2D eigenvalue weighted by Gasteiger charge is 2.17. The van der Waals surface area contributed by atoms with Gasteiger partial charge in [0.25, 0.3) is 5.69 Å². The molecule has 0 bridgehead atoms. The second-order valence-corrected chi connectivity index (χ2v) is 5.43. The van der Waals surface area contributed by atoms with Gasteiger partial charge in [-0.25, -0.2) is 0 Å². The van der Waals surface area contributed by atoms with Crippen LogP contribution in [-0.4, -0.2) is 4.92 Å². The molecule has 2 aromatic rings. The third-order valence-electron chi connectivity index (χ3n) is 2.83. The maximum Gasteiger partial charge on any atom is 0.274 e. The van der Waals surface area contributed by atoms with Gasteiger partial charge in [0, 0.05) is 15.3 Å². The zero-order chi connectivity index (χ0) is 13.8. The number of hydrogen-bond acceptors (Lipinski definition) is 3. The largest absolute Gasteiger partial charge is 0.378 e. The van der Waals surface area contributed by atoms with Gasteiger partial charge in [0.05, 0.1) is 16.5 Å². The number of para-hydroxylation sites is 1. The van der Waals surface area contributed by atoms with Crippen LogP contribution < -0.4 is 5.32 Å². The van der Waals surface area contributed by atoms with E-state index in [0.717, 1.165) is 9.26 Å². The van der Waals surface area contributed by atoms with E-state index in [9.17, 15) is 10.1 Å². The SMILES string of the molecule is CC(Nc1ccc(I)cc1)c1ccccc1[N+](=O)[O-]. The normalized spacial score (nSPS) is 11.9. The van der Waals surface area contributed by atoms with E-state index in [1.807, 2.05) is 37.3 Å². The molecule has 1 atom stereocenters. The Morgan fingerprint density at radius 1 is 1.16 bits per heavy atom. The number of rotatable bonds is 4. The van der Waals surface area contributed by atoms with Crippen LogP contribution in [-0.2, 0) is 0 Å². The molecule has 0 aliphatic rings. The highest BCUT2D eigenvalue weighted by molar-refractivity contribution is 14.1. The van der Waals surface area contributed by atoms with Crippen molar-refractivity contribution in [2.24, 2.45) is 0 Å². The van der Waals surface area contributed by atoms with Crippen molar-refractivity contribution in [1.29, 1.82) is 0 Å². The van der Waals surface area contributed by atoms with Crippen molar-refractivity contribution in [2.45, 2.75) is 13.0 Å². The summed E-state index contributed by atoms with van der Waals surface area (Å²) >= 11 is 2.24. The number of nitro benzene ring substituents is 1. The molecular weight excluding hydrogens is 355 g/mol. The molecule has 0 saturated carbocycles. The number of nitro groups is 1. The van der Waals surface area contributed by atoms with Crippen LogP contribution in [0.3, 0.4) is 0 Å². The van der Waals surface area contributed by atoms with E-state index in [-0.39, 0.29) is 16.7 Å². The Morgan fingerprint density at radius 2 is 1.79 bits per heavy atom. The summed E-state index contributed by atoms with van der Waals surface area (Å²) in [6.07, 6.45) is 0. The molecule has 0 saturated heterocycles. The van der Waals surface area contributed by atoms with Crippen LogP contribution in [0.1, 0.15) is 18.5 Å². The molecule has 19 heavy (non-hydrogen) atoms. The maximum atomic E-state index is 11.0. The number of nitrogens with zero attached hydrogens (tertiary/aromatic N) is 1. The number of benzene rings is 2. The van der Waals surface area contributed by atoms with Gasteiger partial charge < -0.3 is 5.32 Å². The molecule has 2 rings (SSSR count). The van der Waals surface area contributed by atoms with Gasteiger partial charge in [0.15, 0.2) is 0 Å². The first kappa shape index (κ1) is 13.8. The van der Waals surface area contributed by atoms with Gasteiger partial charge in [-0.2, -0.15) is 0 Å². The Morgan fingerprint density at radius 3 is 2.42 bits per heavy atom. The lowest BCUT2D eigenvalue weighted by molar-refractivity contribution is -0.385. The Labute approximate surface area is 125 Å². The third-order valence-corrected chi connectivity index (χ3v) is 3.55. The molecule has 2 aromatic carbocycles. The van der Waals surface area contributed by atoms with Crippen molar-refractivity contribution >= 4 is 34.0 Å². The minimum absolute atomic E-state index is 0.123. The first-order chi connectivity index (χ1) is 9.08. The second kappa shape index (κ2) is 6.01. The van der Waals surface area contributed by atoms with E-state index in [1.54, 1.807) is 12.1 Å². The lowest BCUT2D eigenvalue weighted by Gasteiger charge is -2.15. The maximum absolute atomic E-state index is 11.0. The topological polar surface area (TPSA) is 55.2 Å². The molecule has 0 spiro atoms. The van der Waals surface area contributed by atoms with Gasteiger partial charge in [-0.15, -0.1) is 0 Å². The van der Waals surface area contributed by atoms with Gasteiger partial charge in [-0.3, -0.25) is 10.1 Å². The number of hydrogen-bond donors (Lipinski definition) is 1. The molecule has 0 fully saturated rings. The number of nitrogens with one attached hydrogen (secondary N) is 1. The minimum atomic E-state index is -0.346. The fourth-order valence-electron chi connectivity index (χ4n) is 1.89. The van der Waals surface area contributed by atoms with Crippen LogP contribution in [0.5, 0.6) is 0 Å². The molecule has 4 nitrogen and oxygen atoms in total. The Hall–Kier alpha value is -1.63. The molecule has 1 unspecified atom stereocenters. The second-order valence-electron chi connectivity index (χ2n) is 4.19. The number of anilines is 1. The fraction of sp³-hybridized carbons (Fsp3) is 0.143. The van der Waals surface area contributed by atoms with Crippen LogP contribution in [0.25, 0.3) is 0 Å². The summed E-state index contributed by atoms with van der Waals surface area (Å²) < 4.78 is 1.15. The molecule has 0 heterocycles. The van der Waals surface area contributed by atoms with Crippen LogP contribution >= 0.6 is 22.6 Å². The van der Waals surface area contributed by atoms with Gasteiger partial charge in [-0.1, -0.05) is 18.2 Å². The van der Waals surface area contributed by atoms with Crippen LogP contribution in [0, 0.1) is 13.7 Å². The molecule has 0 aromatic heterocycles. The van der Waals surface area contributed by atoms with E-state index in [0.29, 0.717) is 5.56 Å². The summed E-state index contributed by atoms with van der Waals surface area (Å²) in [5, 5.41) is 14.3. The summed E-state index contributed by atoms with van der Waals surface area (Å²) in [4.78, 5) is 10.7.